The zero-order valence-electron chi connectivity index (χ0n) is 10.4. The Bertz CT molecular complexity index is 270. The van der Waals surface area contributed by atoms with E-state index in [0.717, 1.165) is 6.42 Å². The van der Waals surface area contributed by atoms with Crippen LogP contribution in [0.2, 0.25) is 0 Å². The number of hydrogen-bond donors (Lipinski definition) is 2. The third kappa shape index (κ3) is 4.45. The highest BCUT2D eigenvalue weighted by Crippen LogP contribution is 2.34. The van der Waals surface area contributed by atoms with Crippen molar-refractivity contribution >= 4 is 5.91 Å². The number of carbonyl (C=O) groups is 1. The molecule has 0 atom stereocenters. The first kappa shape index (κ1) is 15.2. The topological polar surface area (TPSA) is 50.4 Å². The van der Waals surface area contributed by atoms with E-state index in [9.17, 15) is 18.0 Å². The molecule has 0 spiro atoms. The minimum absolute atomic E-state index is 0.435. The van der Waals surface area contributed by atoms with Crippen LogP contribution in [-0.2, 0) is 9.63 Å². The minimum Gasteiger partial charge on any atom is -0.317 e. The summed E-state index contributed by atoms with van der Waals surface area (Å²) in [6.07, 6.45) is -1.70. The normalized spacial score (nSPS) is 19.6. The van der Waals surface area contributed by atoms with E-state index in [1.165, 1.54) is 0 Å². The van der Waals surface area contributed by atoms with Crippen molar-refractivity contribution in [1.29, 1.82) is 0 Å². The number of nitrogens with one attached hydrogen (secondary N) is 2. The lowest BCUT2D eigenvalue weighted by molar-refractivity contribution is -0.195. The van der Waals surface area contributed by atoms with Crippen LogP contribution in [-0.4, -0.2) is 31.8 Å². The Labute approximate surface area is 104 Å². The standard InChI is InChI=1S/C11H19F3N2O2/c1-2-3-10(4-6-15-7-5-10)9(17)16-18-8-11(12,13)14/h15H,2-8H2,1H3,(H,16,17). The van der Waals surface area contributed by atoms with Crippen LogP contribution in [0, 0.1) is 5.41 Å². The van der Waals surface area contributed by atoms with Crippen LogP contribution in [0.5, 0.6) is 0 Å². The molecule has 7 heteroatoms. The highest BCUT2D eigenvalue weighted by Gasteiger charge is 2.39. The van der Waals surface area contributed by atoms with Crippen LogP contribution in [0.1, 0.15) is 32.6 Å². The van der Waals surface area contributed by atoms with Crippen molar-refractivity contribution < 1.29 is 22.8 Å². The highest BCUT2D eigenvalue weighted by molar-refractivity contribution is 5.81. The second-order valence-electron chi connectivity index (χ2n) is 4.62. The molecule has 1 aliphatic rings. The summed E-state index contributed by atoms with van der Waals surface area (Å²) in [5.41, 5.74) is 1.36. The Morgan fingerprint density at radius 3 is 2.50 bits per heavy atom. The van der Waals surface area contributed by atoms with E-state index in [1.54, 1.807) is 0 Å². The Morgan fingerprint density at radius 2 is 2.00 bits per heavy atom. The molecule has 0 aromatic rings. The number of piperidine rings is 1. The SMILES string of the molecule is CCCC1(C(=O)NOCC(F)(F)F)CCNCC1. The van der Waals surface area contributed by atoms with Crippen molar-refractivity contribution in [2.24, 2.45) is 5.41 Å². The summed E-state index contributed by atoms with van der Waals surface area (Å²) < 4.78 is 35.7. The van der Waals surface area contributed by atoms with Gasteiger partial charge in [0.25, 0.3) is 0 Å². The van der Waals surface area contributed by atoms with Crippen LogP contribution in [0.15, 0.2) is 0 Å². The predicted octanol–water partition coefficient (Wildman–Crippen LogP) is 1.77. The van der Waals surface area contributed by atoms with E-state index in [2.05, 4.69) is 10.2 Å². The number of rotatable bonds is 5. The summed E-state index contributed by atoms with van der Waals surface area (Å²) in [5, 5.41) is 3.13. The summed E-state index contributed by atoms with van der Waals surface area (Å²) in [5.74, 6) is -0.435. The molecule has 1 rings (SSSR count). The van der Waals surface area contributed by atoms with Crippen molar-refractivity contribution in [1.82, 2.24) is 10.8 Å². The summed E-state index contributed by atoms with van der Waals surface area (Å²) in [7, 11) is 0. The summed E-state index contributed by atoms with van der Waals surface area (Å²) in [6, 6.07) is 0. The van der Waals surface area contributed by atoms with Crippen LogP contribution < -0.4 is 10.8 Å². The predicted molar refractivity (Wildman–Crippen MR) is 59.6 cm³/mol. The lowest BCUT2D eigenvalue weighted by Crippen LogP contribution is -2.48. The largest absolute Gasteiger partial charge is 0.414 e. The van der Waals surface area contributed by atoms with E-state index in [0.29, 0.717) is 32.4 Å². The number of carbonyl (C=O) groups excluding carboxylic acids is 1. The van der Waals surface area contributed by atoms with Crippen molar-refractivity contribution in [3.05, 3.63) is 0 Å². The quantitative estimate of drug-likeness (QED) is 0.747. The van der Waals surface area contributed by atoms with E-state index in [-0.39, 0.29) is 0 Å². The Kier molecular flexibility index (Phi) is 5.40. The molecular formula is C11H19F3N2O2. The van der Waals surface area contributed by atoms with Gasteiger partial charge >= 0.3 is 6.18 Å². The smallest absolute Gasteiger partial charge is 0.317 e. The molecule has 0 radical (unpaired) electrons. The molecule has 1 amide bonds. The molecule has 1 aliphatic heterocycles. The average Bonchev–Trinajstić information content (AvgIpc) is 2.29. The van der Waals surface area contributed by atoms with Gasteiger partial charge in [0.15, 0.2) is 6.61 Å². The number of hydroxylamine groups is 1. The maximum atomic E-state index is 12.0. The monoisotopic (exact) mass is 268 g/mol. The molecule has 1 fully saturated rings. The van der Waals surface area contributed by atoms with Gasteiger partial charge in [-0.2, -0.15) is 13.2 Å². The second-order valence-corrected chi connectivity index (χ2v) is 4.62. The first-order valence-electron chi connectivity index (χ1n) is 6.09. The maximum absolute atomic E-state index is 12.0. The molecule has 0 bridgehead atoms. The van der Waals surface area contributed by atoms with E-state index < -0.39 is 24.1 Å². The molecule has 0 unspecified atom stereocenters. The van der Waals surface area contributed by atoms with E-state index >= 15 is 0 Å². The van der Waals surface area contributed by atoms with Crippen molar-refractivity contribution in [3.8, 4) is 0 Å². The number of alkyl halides is 3. The Hall–Kier alpha value is -0.820. The molecular weight excluding hydrogens is 249 g/mol. The van der Waals surface area contributed by atoms with Crippen molar-refractivity contribution in [2.45, 2.75) is 38.8 Å². The van der Waals surface area contributed by atoms with Crippen LogP contribution in [0.4, 0.5) is 13.2 Å². The fourth-order valence-electron chi connectivity index (χ4n) is 2.27. The van der Waals surface area contributed by atoms with Gasteiger partial charge in [-0.25, -0.2) is 5.48 Å². The third-order valence-electron chi connectivity index (χ3n) is 3.17. The van der Waals surface area contributed by atoms with Gasteiger partial charge in [0.2, 0.25) is 5.91 Å². The van der Waals surface area contributed by atoms with Gasteiger partial charge in [0.1, 0.15) is 0 Å². The zero-order valence-corrected chi connectivity index (χ0v) is 10.4. The molecule has 0 aliphatic carbocycles. The van der Waals surface area contributed by atoms with E-state index in [1.807, 2.05) is 12.4 Å². The van der Waals surface area contributed by atoms with Crippen LogP contribution in [0.25, 0.3) is 0 Å². The summed E-state index contributed by atoms with van der Waals surface area (Å²) in [4.78, 5) is 16.2. The lowest BCUT2D eigenvalue weighted by atomic mass is 9.75. The molecule has 0 aromatic heterocycles. The first-order valence-corrected chi connectivity index (χ1v) is 6.09. The fraction of sp³-hybridized carbons (Fsp3) is 0.909. The molecule has 0 saturated carbocycles. The lowest BCUT2D eigenvalue weighted by Gasteiger charge is -2.35. The molecule has 18 heavy (non-hydrogen) atoms. The van der Waals surface area contributed by atoms with Gasteiger partial charge in [-0.15, -0.1) is 0 Å². The van der Waals surface area contributed by atoms with Gasteiger partial charge < -0.3 is 5.32 Å². The maximum Gasteiger partial charge on any atom is 0.414 e. The fourth-order valence-corrected chi connectivity index (χ4v) is 2.27. The molecule has 1 saturated heterocycles. The molecule has 1 heterocycles. The molecule has 4 nitrogen and oxygen atoms in total. The highest BCUT2D eigenvalue weighted by atomic mass is 19.4. The minimum atomic E-state index is -4.43. The van der Waals surface area contributed by atoms with Crippen LogP contribution in [0.3, 0.4) is 0 Å². The van der Waals surface area contributed by atoms with Gasteiger partial charge in [-0.05, 0) is 32.4 Å². The summed E-state index contributed by atoms with van der Waals surface area (Å²) >= 11 is 0. The number of hydrogen-bond acceptors (Lipinski definition) is 3. The van der Waals surface area contributed by atoms with Crippen molar-refractivity contribution in [2.75, 3.05) is 19.7 Å². The average molecular weight is 268 g/mol. The Balaban J connectivity index is 2.49. The van der Waals surface area contributed by atoms with Gasteiger partial charge in [-0.1, -0.05) is 13.3 Å². The third-order valence-corrected chi connectivity index (χ3v) is 3.17. The molecule has 2 N–H and O–H groups in total. The number of halogens is 3. The van der Waals surface area contributed by atoms with Crippen molar-refractivity contribution in [3.63, 3.8) is 0 Å². The molecule has 106 valence electrons. The number of amides is 1. The second kappa shape index (κ2) is 6.38. The first-order chi connectivity index (χ1) is 8.40. The molecule has 0 aromatic carbocycles. The van der Waals surface area contributed by atoms with Crippen LogP contribution >= 0.6 is 0 Å². The van der Waals surface area contributed by atoms with Gasteiger partial charge in [-0.3, -0.25) is 9.63 Å². The van der Waals surface area contributed by atoms with Gasteiger partial charge in [0, 0.05) is 0 Å². The zero-order chi connectivity index (χ0) is 13.6. The Morgan fingerprint density at radius 1 is 1.39 bits per heavy atom. The van der Waals surface area contributed by atoms with Gasteiger partial charge in [0.05, 0.1) is 5.41 Å². The summed E-state index contributed by atoms with van der Waals surface area (Å²) in [6.45, 7) is 1.90. The van der Waals surface area contributed by atoms with E-state index in [4.69, 9.17) is 0 Å².